The molecule has 2 aromatic heterocycles. The highest BCUT2D eigenvalue weighted by Crippen LogP contribution is 2.12. The molecule has 5 nitrogen and oxygen atoms in total. The Morgan fingerprint density at radius 3 is 2.88 bits per heavy atom. The Morgan fingerprint density at radius 2 is 2.31 bits per heavy atom. The van der Waals surface area contributed by atoms with Crippen LogP contribution < -0.4 is 0 Å². The standard InChI is InChI=1S/C10H14N4OS/c1-7-6-16-10(11-7)4-9(15)3-8-5-14(2)13-12-8/h5-6,9,15H,3-4H2,1-2H3. The van der Waals surface area contributed by atoms with E-state index in [2.05, 4.69) is 15.3 Å². The van der Waals surface area contributed by atoms with Crippen LogP contribution in [0.25, 0.3) is 0 Å². The molecular formula is C10H14N4OS. The Hall–Kier alpha value is -1.27. The molecule has 0 aromatic carbocycles. The van der Waals surface area contributed by atoms with E-state index in [1.807, 2.05) is 25.5 Å². The number of aliphatic hydroxyl groups is 1. The van der Waals surface area contributed by atoms with E-state index in [9.17, 15) is 5.11 Å². The van der Waals surface area contributed by atoms with Gasteiger partial charge in [0.1, 0.15) is 0 Å². The van der Waals surface area contributed by atoms with Crippen LogP contribution in [0, 0.1) is 6.92 Å². The van der Waals surface area contributed by atoms with Crippen LogP contribution in [0.5, 0.6) is 0 Å². The first kappa shape index (κ1) is 11.2. The van der Waals surface area contributed by atoms with Crippen LogP contribution in [-0.4, -0.2) is 31.2 Å². The Labute approximate surface area is 97.8 Å². The summed E-state index contributed by atoms with van der Waals surface area (Å²) in [5, 5.41) is 20.6. The van der Waals surface area contributed by atoms with Crippen LogP contribution in [0.1, 0.15) is 16.4 Å². The number of hydrogen-bond acceptors (Lipinski definition) is 5. The highest BCUT2D eigenvalue weighted by molar-refractivity contribution is 7.09. The summed E-state index contributed by atoms with van der Waals surface area (Å²) in [6.07, 6.45) is 2.47. The van der Waals surface area contributed by atoms with E-state index < -0.39 is 6.10 Å². The molecule has 0 saturated carbocycles. The maximum atomic E-state index is 9.86. The van der Waals surface area contributed by atoms with Gasteiger partial charge in [-0.05, 0) is 6.92 Å². The molecule has 0 saturated heterocycles. The van der Waals surface area contributed by atoms with Crippen LogP contribution in [0.4, 0.5) is 0 Å². The van der Waals surface area contributed by atoms with Crippen molar-refractivity contribution >= 4 is 11.3 Å². The zero-order chi connectivity index (χ0) is 11.5. The molecule has 0 amide bonds. The fourth-order valence-corrected chi connectivity index (χ4v) is 2.35. The van der Waals surface area contributed by atoms with Gasteiger partial charge in [0.05, 0.1) is 16.8 Å². The van der Waals surface area contributed by atoms with Crippen LogP contribution in [0.3, 0.4) is 0 Å². The first-order valence-electron chi connectivity index (χ1n) is 5.08. The molecule has 1 unspecified atom stereocenters. The van der Waals surface area contributed by atoms with Gasteiger partial charge in [-0.1, -0.05) is 5.21 Å². The number of aliphatic hydroxyl groups excluding tert-OH is 1. The van der Waals surface area contributed by atoms with Crippen molar-refractivity contribution < 1.29 is 5.11 Å². The second-order valence-electron chi connectivity index (χ2n) is 3.83. The lowest BCUT2D eigenvalue weighted by atomic mass is 10.1. The van der Waals surface area contributed by atoms with Crippen molar-refractivity contribution in [1.82, 2.24) is 20.0 Å². The van der Waals surface area contributed by atoms with Gasteiger partial charge in [0.2, 0.25) is 0 Å². The summed E-state index contributed by atoms with van der Waals surface area (Å²) in [5.41, 5.74) is 1.81. The van der Waals surface area contributed by atoms with Gasteiger partial charge in [-0.3, -0.25) is 4.68 Å². The molecule has 0 bridgehead atoms. The van der Waals surface area contributed by atoms with Crippen LogP contribution in [-0.2, 0) is 19.9 Å². The summed E-state index contributed by atoms with van der Waals surface area (Å²) in [7, 11) is 1.81. The van der Waals surface area contributed by atoms with E-state index in [1.165, 1.54) is 0 Å². The molecule has 2 rings (SSSR count). The van der Waals surface area contributed by atoms with Gasteiger partial charge in [-0.25, -0.2) is 4.98 Å². The van der Waals surface area contributed by atoms with Crippen molar-refractivity contribution in [3.63, 3.8) is 0 Å². The molecule has 0 aliphatic rings. The van der Waals surface area contributed by atoms with Crippen molar-refractivity contribution in [1.29, 1.82) is 0 Å². The first-order valence-corrected chi connectivity index (χ1v) is 5.95. The molecule has 0 aliphatic carbocycles. The normalized spacial score (nSPS) is 12.9. The molecule has 1 atom stereocenters. The molecule has 16 heavy (non-hydrogen) atoms. The molecule has 0 fully saturated rings. The number of aromatic nitrogens is 4. The maximum Gasteiger partial charge on any atom is 0.0954 e. The highest BCUT2D eigenvalue weighted by atomic mass is 32.1. The van der Waals surface area contributed by atoms with E-state index in [0.717, 1.165) is 16.4 Å². The van der Waals surface area contributed by atoms with Crippen molar-refractivity contribution in [2.75, 3.05) is 0 Å². The van der Waals surface area contributed by atoms with Crippen LogP contribution in [0.15, 0.2) is 11.6 Å². The van der Waals surface area contributed by atoms with Gasteiger partial charge in [0.15, 0.2) is 0 Å². The van der Waals surface area contributed by atoms with Crippen molar-refractivity contribution in [2.24, 2.45) is 7.05 Å². The molecule has 2 aromatic rings. The summed E-state index contributed by atoms with van der Waals surface area (Å²) in [5.74, 6) is 0. The second kappa shape index (κ2) is 4.71. The largest absolute Gasteiger partial charge is 0.392 e. The monoisotopic (exact) mass is 238 g/mol. The van der Waals surface area contributed by atoms with E-state index in [-0.39, 0.29) is 0 Å². The topological polar surface area (TPSA) is 63.8 Å². The number of nitrogens with zero attached hydrogens (tertiary/aromatic N) is 4. The third-order valence-electron chi connectivity index (χ3n) is 2.17. The summed E-state index contributed by atoms with van der Waals surface area (Å²) >= 11 is 1.58. The first-order chi connectivity index (χ1) is 7.63. The fraction of sp³-hybridized carbons (Fsp3) is 0.500. The summed E-state index contributed by atoms with van der Waals surface area (Å²) in [4.78, 5) is 4.31. The number of thiazole rings is 1. The Bertz CT molecular complexity index is 423. The average molecular weight is 238 g/mol. The van der Waals surface area contributed by atoms with Crippen LogP contribution >= 0.6 is 11.3 Å². The van der Waals surface area contributed by atoms with Gasteiger partial charge in [-0.2, -0.15) is 0 Å². The molecule has 86 valence electrons. The summed E-state index contributed by atoms with van der Waals surface area (Å²) in [6, 6.07) is 0. The molecule has 0 radical (unpaired) electrons. The van der Waals surface area contributed by atoms with Crippen LogP contribution in [0.2, 0.25) is 0 Å². The van der Waals surface area contributed by atoms with Gasteiger partial charge < -0.3 is 5.11 Å². The minimum absolute atomic E-state index is 0.442. The van der Waals surface area contributed by atoms with Gasteiger partial charge in [-0.15, -0.1) is 16.4 Å². The van der Waals surface area contributed by atoms with Gasteiger partial charge >= 0.3 is 0 Å². The average Bonchev–Trinajstić information content (AvgIpc) is 2.76. The smallest absolute Gasteiger partial charge is 0.0954 e. The molecule has 6 heteroatoms. The maximum absolute atomic E-state index is 9.86. The zero-order valence-electron chi connectivity index (χ0n) is 9.29. The Morgan fingerprint density at radius 1 is 1.50 bits per heavy atom. The highest BCUT2D eigenvalue weighted by Gasteiger charge is 2.11. The molecule has 2 heterocycles. The molecule has 1 N–H and O–H groups in total. The fourth-order valence-electron chi connectivity index (χ4n) is 1.50. The second-order valence-corrected chi connectivity index (χ2v) is 4.77. The quantitative estimate of drug-likeness (QED) is 0.852. The number of hydrogen-bond donors (Lipinski definition) is 1. The van der Waals surface area contributed by atoms with Crippen molar-refractivity contribution in [3.8, 4) is 0 Å². The lowest BCUT2D eigenvalue weighted by Gasteiger charge is -2.05. The third-order valence-corrected chi connectivity index (χ3v) is 3.16. The van der Waals surface area contributed by atoms with Crippen molar-refractivity contribution in [2.45, 2.75) is 25.9 Å². The Balaban J connectivity index is 1.91. The lowest BCUT2D eigenvalue weighted by molar-refractivity contribution is 0.174. The predicted octanol–water partition coefficient (Wildman–Crippen LogP) is 0.726. The van der Waals surface area contributed by atoms with E-state index in [1.54, 1.807) is 16.0 Å². The molecule has 0 aliphatic heterocycles. The minimum Gasteiger partial charge on any atom is -0.392 e. The Kier molecular flexibility index (Phi) is 3.31. The van der Waals surface area contributed by atoms with Gasteiger partial charge in [0, 0.05) is 37.2 Å². The van der Waals surface area contributed by atoms with E-state index >= 15 is 0 Å². The minimum atomic E-state index is -0.442. The van der Waals surface area contributed by atoms with E-state index in [4.69, 9.17) is 0 Å². The van der Waals surface area contributed by atoms with Crippen molar-refractivity contribution in [3.05, 3.63) is 28.0 Å². The number of rotatable bonds is 4. The summed E-state index contributed by atoms with van der Waals surface area (Å²) < 4.78 is 1.63. The lowest BCUT2D eigenvalue weighted by Crippen LogP contribution is -2.14. The molecule has 0 spiro atoms. The van der Waals surface area contributed by atoms with Gasteiger partial charge in [0.25, 0.3) is 0 Å². The summed E-state index contributed by atoms with van der Waals surface area (Å²) in [6.45, 7) is 1.95. The van der Waals surface area contributed by atoms with E-state index in [0.29, 0.717) is 12.8 Å². The third kappa shape index (κ3) is 2.86. The molecular weight excluding hydrogens is 224 g/mol. The SMILES string of the molecule is Cc1csc(CC(O)Cc2cn(C)nn2)n1. The predicted molar refractivity (Wildman–Crippen MR) is 61.3 cm³/mol. The number of aryl methyl sites for hydroxylation is 2. The zero-order valence-corrected chi connectivity index (χ0v) is 10.1.